The summed E-state index contributed by atoms with van der Waals surface area (Å²) in [6.07, 6.45) is 4.47. The molecule has 0 radical (unpaired) electrons. The maximum absolute atomic E-state index is 12.0. The first-order chi connectivity index (χ1) is 12.0. The van der Waals surface area contributed by atoms with E-state index in [0.29, 0.717) is 18.9 Å². The highest BCUT2D eigenvalue weighted by molar-refractivity contribution is 7.88. The highest BCUT2D eigenvalue weighted by Crippen LogP contribution is 2.20. The molecule has 1 aliphatic rings. The molecule has 2 aromatic rings. The van der Waals surface area contributed by atoms with Crippen LogP contribution in [0.3, 0.4) is 0 Å². The van der Waals surface area contributed by atoms with Gasteiger partial charge in [0.15, 0.2) is 5.82 Å². The van der Waals surface area contributed by atoms with Crippen LogP contribution in [0.2, 0.25) is 0 Å². The molecule has 0 bridgehead atoms. The van der Waals surface area contributed by atoms with E-state index in [2.05, 4.69) is 44.0 Å². The predicted octanol–water partition coefficient (Wildman–Crippen LogP) is 2.03. The summed E-state index contributed by atoms with van der Waals surface area (Å²) in [4.78, 5) is 6.32. The highest BCUT2D eigenvalue weighted by atomic mass is 32.2. The number of hydrogen-bond donors (Lipinski definition) is 1. The van der Waals surface area contributed by atoms with Gasteiger partial charge in [-0.15, -0.1) is 0 Å². The van der Waals surface area contributed by atoms with Crippen LogP contribution in [0.15, 0.2) is 28.8 Å². The van der Waals surface area contributed by atoms with Gasteiger partial charge < -0.3 is 9.42 Å². The number of nitrogens with one attached hydrogen (secondary N) is 1. The summed E-state index contributed by atoms with van der Waals surface area (Å²) in [5, 5.41) is 3.61. The summed E-state index contributed by atoms with van der Waals surface area (Å²) in [6, 6.07) is 8.38. The van der Waals surface area contributed by atoms with Crippen molar-refractivity contribution < 1.29 is 12.9 Å². The van der Waals surface area contributed by atoms with Gasteiger partial charge in [-0.05, 0) is 43.4 Å². The Bertz CT molecular complexity index is 780. The lowest BCUT2D eigenvalue weighted by Crippen LogP contribution is -2.29. The van der Waals surface area contributed by atoms with Crippen molar-refractivity contribution in [1.82, 2.24) is 14.9 Å². The number of benzene rings is 1. The molecule has 2 heterocycles. The molecule has 136 valence electrons. The molecule has 0 aliphatic carbocycles. The minimum Gasteiger partial charge on any atom is -0.372 e. The van der Waals surface area contributed by atoms with E-state index in [4.69, 9.17) is 4.52 Å². The molecular formula is C17H24N4O3S. The molecule has 1 aliphatic heterocycles. The number of aryl methyl sites for hydroxylation is 1. The Balaban J connectivity index is 1.48. The lowest BCUT2D eigenvalue weighted by molar-refractivity contribution is 0.388. The standard InChI is InChI=1S/C17H24N4O3S/c1-14-19-17(20-24-14)13-25(22,23)18-10-9-15-5-7-16(8-6-15)21-11-3-2-4-12-21/h5-8,18H,2-4,9-13H2,1H3. The van der Waals surface area contributed by atoms with E-state index in [1.807, 2.05) is 0 Å². The van der Waals surface area contributed by atoms with Gasteiger partial charge in [0.05, 0.1) is 0 Å². The summed E-state index contributed by atoms with van der Waals surface area (Å²) in [6.45, 7) is 4.22. The van der Waals surface area contributed by atoms with Crippen LogP contribution in [-0.2, 0) is 22.2 Å². The number of anilines is 1. The molecule has 0 amide bonds. The molecular weight excluding hydrogens is 340 g/mol. The van der Waals surface area contributed by atoms with Crippen molar-refractivity contribution in [3.05, 3.63) is 41.5 Å². The van der Waals surface area contributed by atoms with E-state index in [9.17, 15) is 8.42 Å². The summed E-state index contributed by atoms with van der Waals surface area (Å²) in [5.74, 6) is 0.271. The van der Waals surface area contributed by atoms with Crippen molar-refractivity contribution in [2.24, 2.45) is 0 Å². The zero-order chi connectivity index (χ0) is 17.7. The van der Waals surface area contributed by atoms with Crippen LogP contribution in [0.1, 0.15) is 36.5 Å². The van der Waals surface area contributed by atoms with Crippen molar-refractivity contribution in [3.8, 4) is 0 Å². The molecule has 0 spiro atoms. The molecule has 0 saturated carbocycles. The van der Waals surface area contributed by atoms with Gasteiger partial charge in [-0.2, -0.15) is 4.98 Å². The van der Waals surface area contributed by atoms with Gasteiger partial charge in [-0.1, -0.05) is 17.3 Å². The predicted molar refractivity (Wildman–Crippen MR) is 95.9 cm³/mol. The first kappa shape index (κ1) is 17.9. The Morgan fingerprint density at radius 2 is 1.88 bits per heavy atom. The zero-order valence-electron chi connectivity index (χ0n) is 14.4. The van der Waals surface area contributed by atoms with E-state index >= 15 is 0 Å². The molecule has 8 heteroatoms. The summed E-state index contributed by atoms with van der Waals surface area (Å²) >= 11 is 0. The number of hydrogen-bond acceptors (Lipinski definition) is 6. The quantitative estimate of drug-likeness (QED) is 0.809. The van der Waals surface area contributed by atoms with Gasteiger partial charge in [0.2, 0.25) is 15.9 Å². The topological polar surface area (TPSA) is 88.3 Å². The van der Waals surface area contributed by atoms with Crippen LogP contribution < -0.4 is 9.62 Å². The Kier molecular flexibility index (Phi) is 5.70. The molecule has 1 N–H and O–H groups in total. The molecule has 3 rings (SSSR count). The molecule has 1 aromatic heterocycles. The van der Waals surface area contributed by atoms with Gasteiger partial charge in [0.25, 0.3) is 0 Å². The van der Waals surface area contributed by atoms with Gasteiger partial charge in [0.1, 0.15) is 5.75 Å². The SMILES string of the molecule is Cc1nc(CS(=O)(=O)NCCc2ccc(N3CCCCC3)cc2)no1. The molecule has 0 atom stereocenters. The van der Waals surface area contributed by atoms with Crippen LogP contribution in [-0.4, -0.2) is 38.2 Å². The second-order valence-corrected chi connectivity index (χ2v) is 8.15. The average Bonchev–Trinajstić information content (AvgIpc) is 3.00. The fraction of sp³-hybridized carbons (Fsp3) is 0.529. The highest BCUT2D eigenvalue weighted by Gasteiger charge is 2.15. The van der Waals surface area contributed by atoms with Crippen LogP contribution in [0, 0.1) is 6.92 Å². The minimum absolute atomic E-state index is 0.177. The second-order valence-electron chi connectivity index (χ2n) is 6.35. The van der Waals surface area contributed by atoms with Crippen molar-refractivity contribution in [2.75, 3.05) is 24.5 Å². The zero-order valence-corrected chi connectivity index (χ0v) is 15.3. The molecule has 7 nitrogen and oxygen atoms in total. The fourth-order valence-electron chi connectivity index (χ4n) is 3.00. The van der Waals surface area contributed by atoms with Gasteiger partial charge in [-0.25, -0.2) is 13.1 Å². The number of aromatic nitrogens is 2. The smallest absolute Gasteiger partial charge is 0.223 e. The average molecular weight is 364 g/mol. The fourth-order valence-corrected chi connectivity index (χ4v) is 3.97. The molecule has 1 fully saturated rings. The normalized spacial score (nSPS) is 15.5. The van der Waals surface area contributed by atoms with Crippen LogP contribution in [0.4, 0.5) is 5.69 Å². The van der Waals surface area contributed by atoms with Crippen molar-refractivity contribution in [1.29, 1.82) is 0 Å². The van der Waals surface area contributed by atoms with E-state index in [0.717, 1.165) is 18.7 Å². The maximum Gasteiger partial charge on any atom is 0.223 e. The van der Waals surface area contributed by atoms with Crippen LogP contribution >= 0.6 is 0 Å². The maximum atomic E-state index is 12.0. The van der Waals surface area contributed by atoms with Crippen molar-refractivity contribution >= 4 is 15.7 Å². The first-order valence-electron chi connectivity index (χ1n) is 8.62. The van der Waals surface area contributed by atoms with E-state index in [1.54, 1.807) is 6.92 Å². The second kappa shape index (κ2) is 7.97. The number of nitrogens with zero attached hydrogens (tertiary/aromatic N) is 3. The Hall–Kier alpha value is -1.93. The van der Waals surface area contributed by atoms with Gasteiger partial charge in [0, 0.05) is 32.2 Å². The third kappa shape index (κ3) is 5.27. The summed E-state index contributed by atoms with van der Waals surface area (Å²) in [7, 11) is -3.46. The largest absolute Gasteiger partial charge is 0.372 e. The summed E-state index contributed by atoms with van der Waals surface area (Å²) in [5.41, 5.74) is 2.36. The molecule has 25 heavy (non-hydrogen) atoms. The minimum atomic E-state index is -3.46. The summed E-state index contributed by atoms with van der Waals surface area (Å²) < 4.78 is 31.4. The van der Waals surface area contributed by atoms with Crippen molar-refractivity contribution in [3.63, 3.8) is 0 Å². The van der Waals surface area contributed by atoms with Crippen LogP contribution in [0.25, 0.3) is 0 Å². The molecule has 1 aromatic carbocycles. The van der Waals surface area contributed by atoms with E-state index in [-0.39, 0.29) is 11.6 Å². The van der Waals surface area contributed by atoms with Crippen LogP contribution in [0.5, 0.6) is 0 Å². The first-order valence-corrected chi connectivity index (χ1v) is 10.3. The van der Waals surface area contributed by atoms with Gasteiger partial charge >= 0.3 is 0 Å². The van der Waals surface area contributed by atoms with Crippen molar-refractivity contribution in [2.45, 2.75) is 38.4 Å². The lowest BCUT2D eigenvalue weighted by Gasteiger charge is -2.28. The third-order valence-electron chi connectivity index (χ3n) is 4.28. The Morgan fingerprint density at radius 1 is 1.16 bits per heavy atom. The van der Waals surface area contributed by atoms with E-state index < -0.39 is 10.0 Å². The monoisotopic (exact) mass is 364 g/mol. The Labute approximate surface area is 148 Å². The number of sulfonamides is 1. The lowest BCUT2D eigenvalue weighted by atomic mass is 10.1. The number of rotatable bonds is 7. The number of piperidine rings is 1. The third-order valence-corrected chi connectivity index (χ3v) is 5.56. The Morgan fingerprint density at radius 3 is 2.52 bits per heavy atom. The van der Waals surface area contributed by atoms with Gasteiger partial charge in [-0.3, -0.25) is 0 Å². The molecule has 1 saturated heterocycles. The van der Waals surface area contributed by atoms with E-state index in [1.165, 1.54) is 24.9 Å². The molecule has 0 unspecified atom stereocenters.